The average molecular weight is 332 g/mol. The highest BCUT2D eigenvalue weighted by Gasteiger charge is 2.16. The predicted octanol–water partition coefficient (Wildman–Crippen LogP) is 4.06. The molecule has 25 heavy (non-hydrogen) atoms. The molecule has 4 N–H and O–H groups in total. The Labute approximate surface area is 140 Å². The lowest BCUT2D eigenvalue weighted by atomic mass is 10.3. The maximum atomic E-state index is 5.80. The van der Waals surface area contributed by atoms with Gasteiger partial charge in [-0.25, -0.2) is 9.97 Å². The van der Waals surface area contributed by atoms with E-state index in [0.29, 0.717) is 56.9 Å². The minimum atomic E-state index is 0.368. The van der Waals surface area contributed by atoms with Gasteiger partial charge in [0, 0.05) is 11.4 Å². The van der Waals surface area contributed by atoms with E-state index in [1.165, 1.54) is 0 Å². The summed E-state index contributed by atoms with van der Waals surface area (Å²) in [4.78, 5) is 8.79. The van der Waals surface area contributed by atoms with Gasteiger partial charge in [0.2, 0.25) is 0 Å². The first-order chi connectivity index (χ1) is 12.2. The van der Waals surface area contributed by atoms with Crippen molar-refractivity contribution in [2.45, 2.75) is 0 Å². The molecule has 5 rings (SSSR count). The number of nitrogens with two attached hydrogens (primary N) is 2. The SMILES string of the molecule is Nc1ccc2oc(-c3ccc(-c4nc5cc(N)ccc5o4)o3)nc2c1. The molecule has 0 saturated heterocycles. The lowest BCUT2D eigenvalue weighted by Gasteiger charge is -1.89. The smallest absolute Gasteiger partial charge is 0.263 e. The van der Waals surface area contributed by atoms with Crippen molar-refractivity contribution in [3.05, 3.63) is 48.5 Å². The number of aromatic nitrogens is 2. The molecule has 0 amide bonds. The molecular formula is C18H12N4O3. The van der Waals surface area contributed by atoms with Gasteiger partial charge in [-0.15, -0.1) is 0 Å². The molecule has 0 saturated carbocycles. The predicted molar refractivity (Wildman–Crippen MR) is 93.5 cm³/mol. The van der Waals surface area contributed by atoms with Crippen molar-refractivity contribution in [1.82, 2.24) is 9.97 Å². The second-order valence-electron chi connectivity index (χ2n) is 5.66. The molecule has 3 heterocycles. The van der Waals surface area contributed by atoms with Gasteiger partial charge in [0.1, 0.15) is 11.0 Å². The standard InChI is InChI=1S/C18H12N4O3/c19-9-1-3-13-11(7-9)21-17(24-13)15-5-6-16(23-15)18-22-12-8-10(20)2-4-14(12)25-18/h1-8H,19-20H2. The first-order valence-corrected chi connectivity index (χ1v) is 7.58. The molecule has 0 spiro atoms. The number of nitrogen functional groups attached to an aromatic ring is 2. The molecule has 7 heteroatoms. The van der Waals surface area contributed by atoms with E-state index >= 15 is 0 Å². The van der Waals surface area contributed by atoms with Crippen LogP contribution in [0.1, 0.15) is 0 Å². The fraction of sp³-hybridized carbons (Fsp3) is 0. The molecule has 5 aromatic rings. The van der Waals surface area contributed by atoms with Gasteiger partial charge in [-0.1, -0.05) is 0 Å². The van der Waals surface area contributed by atoms with Crippen LogP contribution >= 0.6 is 0 Å². The summed E-state index contributed by atoms with van der Waals surface area (Å²) >= 11 is 0. The number of anilines is 2. The van der Waals surface area contributed by atoms with Crippen LogP contribution in [-0.2, 0) is 0 Å². The van der Waals surface area contributed by atoms with Gasteiger partial charge in [0.15, 0.2) is 22.7 Å². The molecule has 122 valence electrons. The Hall–Kier alpha value is -3.74. The van der Waals surface area contributed by atoms with Crippen LogP contribution in [0, 0.1) is 0 Å². The third kappa shape index (κ3) is 2.21. The zero-order valence-electron chi connectivity index (χ0n) is 12.9. The van der Waals surface area contributed by atoms with Gasteiger partial charge in [0.25, 0.3) is 11.8 Å². The third-order valence-electron chi connectivity index (χ3n) is 3.85. The van der Waals surface area contributed by atoms with E-state index < -0.39 is 0 Å². The van der Waals surface area contributed by atoms with Gasteiger partial charge in [0.05, 0.1) is 0 Å². The largest absolute Gasteiger partial charge is 0.446 e. The molecule has 0 unspecified atom stereocenters. The number of hydrogen-bond donors (Lipinski definition) is 2. The number of furan rings is 1. The molecule has 0 aliphatic heterocycles. The minimum Gasteiger partial charge on any atom is -0.446 e. The van der Waals surface area contributed by atoms with Crippen LogP contribution in [0.3, 0.4) is 0 Å². The summed E-state index contributed by atoms with van der Waals surface area (Å²) in [6, 6.07) is 14.1. The number of rotatable bonds is 2. The van der Waals surface area contributed by atoms with Gasteiger partial charge in [-0.05, 0) is 48.5 Å². The molecule has 7 nitrogen and oxygen atoms in total. The van der Waals surface area contributed by atoms with Crippen LogP contribution < -0.4 is 11.5 Å². The van der Waals surface area contributed by atoms with Crippen molar-refractivity contribution in [2.24, 2.45) is 0 Å². The highest BCUT2D eigenvalue weighted by molar-refractivity contribution is 5.80. The van der Waals surface area contributed by atoms with Gasteiger partial charge < -0.3 is 24.7 Å². The second kappa shape index (κ2) is 4.88. The fourth-order valence-electron chi connectivity index (χ4n) is 2.67. The molecule has 0 bridgehead atoms. The van der Waals surface area contributed by atoms with E-state index in [4.69, 9.17) is 24.7 Å². The van der Waals surface area contributed by atoms with E-state index in [9.17, 15) is 0 Å². The highest BCUT2D eigenvalue weighted by atomic mass is 16.4. The Morgan fingerprint density at radius 1 is 0.600 bits per heavy atom. The van der Waals surface area contributed by atoms with Gasteiger partial charge >= 0.3 is 0 Å². The molecule has 0 aliphatic rings. The molecule has 0 radical (unpaired) electrons. The molecule has 2 aromatic carbocycles. The molecular weight excluding hydrogens is 320 g/mol. The normalized spacial score (nSPS) is 11.5. The van der Waals surface area contributed by atoms with E-state index in [0.717, 1.165) is 0 Å². The van der Waals surface area contributed by atoms with Crippen molar-refractivity contribution in [1.29, 1.82) is 0 Å². The van der Waals surface area contributed by atoms with Crippen LogP contribution in [-0.4, -0.2) is 9.97 Å². The van der Waals surface area contributed by atoms with E-state index in [-0.39, 0.29) is 0 Å². The van der Waals surface area contributed by atoms with Gasteiger partial charge in [-0.3, -0.25) is 0 Å². The highest BCUT2D eigenvalue weighted by Crippen LogP contribution is 2.32. The molecule has 3 aromatic heterocycles. The lowest BCUT2D eigenvalue weighted by Crippen LogP contribution is -1.82. The summed E-state index contributed by atoms with van der Waals surface area (Å²) in [6.07, 6.45) is 0. The first-order valence-electron chi connectivity index (χ1n) is 7.58. The van der Waals surface area contributed by atoms with Crippen molar-refractivity contribution in [3.63, 3.8) is 0 Å². The Morgan fingerprint density at radius 3 is 1.56 bits per heavy atom. The summed E-state index contributed by atoms with van der Waals surface area (Å²) in [7, 11) is 0. The van der Waals surface area contributed by atoms with Gasteiger partial charge in [-0.2, -0.15) is 0 Å². The average Bonchev–Trinajstić information content (AvgIpc) is 3.30. The number of oxazole rings is 2. The summed E-state index contributed by atoms with van der Waals surface area (Å²) in [5.74, 6) is 1.69. The molecule has 0 fully saturated rings. The Kier molecular flexibility index (Phi) is 2.67. The summed E-state index contributed by atoms with van der Waals surface area (Å²) < 4.78 is 17.2. The van der Waals surface area contributed by atoms with E-state index in [1.807, 2.05) is 0 Å². The maximum absolute atomic E-state index is 5.80. The first kappa shape index (κ1) is 13.7. The summed E-state index contributed by atoms with van der Waals surface area (Å²) in [5.41, 5.74) is 15.4. The Balaban J connectivity index is 1.56. The molecule has 0 atom stereocenters. The quantitative estimate of drug-likeness (QED) is 0.468. The summed E-state index contributed by atoms with van der Waals surface area (Å²) in [6.45, 7) is 0. The summed E-state index contributed by atoms with van der Waals surface area (Å²) in [5, 5.41) is 0. The third-order valence-corrected chi connectivity index (χ3v) is 3.85. The van der Waals surface area contributed by atoms with Crippen LogP contribution in [0.5, 0.6) is 0 Å². The topological polar surface area (TPSA) is 117 Å². The number of fused-ring (bicyclic) bond motifs is 2. The second-order valence-corrected chi connectivity index (χ2v) is 5.66. The number of hydrogen-bond acceptors (Lipinski definition) is 7. The van der Waals surface area contributed by atoms with Crippen molar-refractivity contribution in [2.75, 3.05) is 11.5 Å². The fourth-order valence-corrected chi connectivity index (χ4v) is 2.67. The van der Waals surface area contributed by atoms with Crippen molar-refractivity contribution >= 4 is 33.6 Å². The minimum absolute atomic E-state index is 0.368. The van der Waals surface area contributed by atoms with Crippen LogP contribution in [0.25, 0.3) is 45.5 Å². The lowest BCUT2D eigenvalue weighted by molar-refractivity contribution is 0.519. The van der Waals surface area contributed by atoms with Crippen LogP contribution in [0.2, 0.25) is 0 Å². The monoisotopic (exact) mass is 332 g/mol. The number of nitrogens with zero attached hydrogens (tertiary/aromatic N) is 2. The van der Waals surface area contributed by atoms with Crippen molar-refractivity contribution in [3.8, 4) is 23.3 Å². The Bertz CT molecular complexity index is 1140. The van der Waals surface area contributed by atoms with E-state index in [2.05, 4.69) is 9.97 Å². The van der Waals surface area contributed by atoms with E-state index in [1.54, 1.807) is 48.5 Å². The van der Waals surface area contributed by atoms with Crippen LogP contribution in [0.15, 0.2) is 61.8 Å². The van der Waals surface area contributed by atoms with Crippen LogP contribution in [0.4, 0.5) is 11.4 Å². The Morgan fingerprint density at radius 2 is 1.08 bits per heavy atom. The zero-order chi connectivity index (χ0) is 17.0. The van der Waals surface area contributed by atoms with Crippen molar-refractivity contribution < 1.29 is 13.3 Å². The molecule has 0 aliphatic carbocycles. The number of benzene rings is 2. The maximum Gasteiger partial charge on any atom is 0.263 e. The zero-order valence-corrected chi connectivity index (χ0v) is 12.9.